The average molecular weight is 647 g/mol. The van der Waals surface area contributed by atoms with E-state index in [2.05, 4.69) is 163 Å². The first-order chi connectivity index (χ1) is 23.4. The predicted molar refractivity (Wildman–Crippen MR) is 203 cm³/mol. The number of aromatic nitrogens is 2. The van der Waals surface area contributed by atoms with E-state index >= 15 is 0 Å². The van der Waals surface area contributed by atoms with Gasteiger partial charge in [-0.1, -0.05) is 94.4 Å². The number of benzene rings is 5. The molecule has 0 aliphatic carbocycles. The monoisotopic (exact) mass is 646 g/mol. The van der Waals surface area contributed by atoms with Gasteiger partial charge in [-0.2, -0.15) is 0 Å². The number of furan rings is 1. The van der Waals surface area contributed by atoms with Crippen LogP contribution >= 0.6 is 0 Å². The third kappa shape index (κ3) is 5.12. The first-order valence-electron chi connectivity index (χ1n) is 17.5. The molecular formula is C43H43BN2O3. The van der Waals surface area contributed by atoms with Gasteiger partial charge >= 0.3 is 7.12 Å². The van der Waals surface area contributed by atoms with Gasteiger partial charge in [-0.3, -0.25) is 4.57 Å². The van der Waals surface area contributed by atoms with Gasteiger partial charge in [0.25, 0.3) is 0 Å². The summed E-state index contributed by atoms with van der Waals surface area (Å²) in [5.74, 6) is 1.43. The molecule has 0 spiro atoms. The van der Waals surface area contributed by atoms with Gasteiger partial charge in [0.15, 0.2) is 0 Å². The molecular weight excluding hydrogens is 603 g/mol. The molecule has 0 amide bonds. The van der Waals surface area contributed by atoms with E-state index in [1.165, 1.54) is 27.9 Å². The Morgan fingerprint density at radius 2 is 1.31 bits per heavy atom. The van der Waals surface area contributed by atoms with Crippen LogP contribution in [0.15, 0.2) is 108 Å². The molecule has 6 heteroatoms. The Morgan fingerprint density at radius 3 is 1.98 bits per heavy atom. The Labute approximate surface area is 289 Å². The standard InChI is InChI=1S/C43H43BN2O3/c1-26(2)34-23-29(28-15-10-9-11-16-28)24-35(27(3)4)39(34)46-37-20-13-12-19-36(37)45-41(46)33-18-14-17-32-31-22-21-30(25-38(31)47-40(32)33)44-48-42(5,6)43(7,8)49-44/h9-27H,1-8H3. The highest BCUT2D eigenvalue weighted by Crippen LogP contribution is 2.43. The van der Waals surface area contributed by atoms with Crippen molar-refractivity contribution in [2.45, 2.75) is 78.4 Å². The summed E-state index contributed by atoms with van der Waals surface area (Å²) in [6.45, 7) is 17.5. The molecule has 8 rings (SSSR count). The van der Waals surface area contributed by atoms with Crippen molar-refractivity contribution in [3.8, 4) is 28.2 Å². The third-order valence-electron chi connectivity index (χ3n) is 10.6. The number of nitrogens with zero attached hydrogens (tertiary/aromatic N) is 2. The van der Waals surface area contributed by atoms with Crippen LogP contribution in [0.25, 0.3) is 61.2 Å². The van der Waals surface area contributed by atoms with Crippen molar-refractivity contribution in [3.63, 3.8) is 0 Å². The van der Waals surface area contributed by atoms with E-state index in [1.807, 2.05) is 0 Å². The van der Waals surface area contributed by atoms with Crippen molar-refractivity contribution < 1.29 is 13.7 Å². The van der Waals surface area contributed by atoms with Gasteiger partial charge in [-0.05, 0) is 104 Å². The first kappa shape index (κ1) is 31.6. The summed E-state index contributed by atoms with van der Waals surface area (Å²) in [7, 11) is -0.464. The van der Waals surface area contributed by atoms with Crippen molar-refractivity contribution in [2.75, 3.05) is 0 Å². The van der Waals surface area contributed by atoms with Crippen LogP contribution in [0.5, 0.6) is 0 Å². The Balaban J connectivity index is 1.36. The predicted octanol–water partition coefficient (Wildman–Crippen LogP) is 10.8. The molecule has 0 N–H and O–H groups in total. The summed E-state index contributed by atoms with van der Waals surface area (Å²) in [5.41, 5.74) is 10.9. The van der Waals surface area contributed by atoms with Gasteiger partial charge in [-0.25, -0.2) is 4.98 Å². The summed E-state index contributed by atoms with van der Waals surface area (Å²) in [6, 6.07) is 36.6. The van der Waals surface area contributed by atoms with E-state index in [0.717, 1.165) is 49.8 Å². The lowest BCUT2D eigenvalue weighted by molar-refractivity contribution is 0.00578. The highest BCUT2D eigenvalue weighted by atomic mass is 16.7. The Morgan fingerprint density at radius 1 is 0.653 bits per heavy atom. The number of hydrogen-bond donors (Lipinski definition) is 0. The fourth-order valence-corrected chi connectivity index (χ4v) is 7.17. The molecule has 0 unspecified atom stereocenters. The molecule has 5 nitrogen and oxygen atoms in total. The molecule has 0 saturated carbocycles. The fourth-order valence-electron chi connectivity index (χ4n) is 7.17. The second kappa shape index (κ2) is 11.5. The fraction of sp³-hybridized carbons (Fsp3) is 0.279. The topological polar surface area (TPSA) is 49.4 Å². The molecule has 1 saturated heterocycles. The molecule has 0 atom stereocenters. The molecule has 2 aromatic heterocycles. The second-order valence-corrected chi connectivity index (χ2v) is 15.1. The van der Waals surface area contributed by atoms with Crippen molar-refractivity contribution in [2.24, 2.45) is 0 Å². The quantitative estimate of drug-likeness (QED) is 0.169. The number of fused-ring (bicyclic) bond motifs is 4. The van der Waals surface area contributed by atoms with Gasteiger partial charge < -0.3 is 13.7 Å². The lowest BCUT2D eigenvalue weighted by Gasteiger charge is -2.32. The molecule has 1 fully saturated rings. The van der Waals surface area contributed by atoms with Crippen LogP contribution in [0.3, 0.4) is 0 Å². The van der Waals surface area contributed by atoms with E-state index in [1.54, 1.807) is 0 Å². The molecule has 0 radical (unpaired) electrons. The zero-order valence-corrected chi connectivity index (χ0v) is 29.7. The third-order valence-corrected chi connectivity index (χ3v) is 10.6. The molecule has 7 aromatic rings. The summed E-state index contributed by atoms with van der Waals surface area (Å²) < 4.78 is 21.9. The summed E-state index contributed by atoms with van der Waals surface area (Å²) in [6.07, 6.45) is 0. The minimum Gasteiger partial charge on any atom is -0.455 e. The highest BCUT2D eigenvalue weighted by Gasteiger charge is 2.51. The van der Waals surface area contributed by atoms with Gasteiger partial charge in [0.2, 0.25) is 0 Å². The van der Waals surface area contributed by atoms with Crippen LogP contribution in [0, 0.1) is 0 Å². The maximum Gasteiger partial charge on any atom is 0.494 e. The molecule has 3 heterocycles. The van der Waals surface area contributed by atoms with Crippen molar-refractivity contribution >= 4 is 45.6 Å². The molecule has 1 aliphatic rings. The van der Waals surface area contributed by atoms with E-state index < -0.39 is 18.3 Å². The Bertz CT molecular complexity index is 2320. The lowest BCUT2D eigenvalue weighted by Crippen LogP contribution is -2.41. The maximum absolute atomic E-state index is 6.80. The lowest BCUT2D eigenvalue weighted by atomic mass is 9.79. The maximum atomic E-state index is 6.80. The van der Waals surface area contributed by atoms with Crippen LogP contribution in [0.2, 0.25) is 0 Å². The smallest absolute Gasteiger partial charge is 0.455 e. The molecule has 0 bridgehead atoms. The summed E-state index contributed by atoms with van der Waals surface area (Å²) in [4.78, 5) is 5.34. The Hall–Kier alpha value is -4.65. The second-order valence-electron chi connectivity index (χ2n) is 15.1. The van der Waals surface area contributed by atoms with E-state index in [9.17, 15) is 0 Å². The number of rotatable bonds is 6. The normalized spacial score (nSPS) is 15.8. The highest BCUT2D eigenvalue weighted by molar-refractivity contribution is 6.62. The van der Waals surface area contributed by atoms with Crippen LogP contribution in [0.4, 0.5) is 0 Å². The van der Waals surface area contributed by atoms with Crippen LogP contribution in [-0.2, 0) is 9.31 Å². The number of hydrogen-bond acceptors (Lipinski definition) is 4. The average Bonchev–Trinajstić information content (AvgIpc) is 3.72. The molecule has 1 aliphatic heterocycles. The van der Waals surface area contributed by atoms with Crippen LogP contribution in [-0.4, -0.2) is 27.9 Å². The Kier molecular flexibility index (Phi) is 7.40. The van der Waals surface area contributed by atoms with Gasteiger partial charge in [0.1, 0.15) is 17.0 Å². The van der Waals surface area contributed by atoms with Crippen molar-refractivity contribution in [1.29, 1.82) is 0 Å². The zero-order chi connectivity index (χ0) is 34.2. The number of para-hydroxylation sites is 3. The zero-order valence-electron chi connectivity index (χ0n) is 29.7. The SMILES string of the molecule is CC(C)c1cc(-c2ccccc2)cc(C(C)C)c1-n1c(-c2cccc3c2oc2cc(B4OC(C)(C)C(C)(C)O4)ccc23)nc2ccccc21. The molecule has 5 aromatic carbocycles. The van der Waals surface area contributed by atoms with Crippen LogP contribution < -0.4 is 5.46 Å². The van der Waals surface area contributed by atoms with E-state index in [-0.39, 0.29) is 11.8 Å². The van der Waals surface area contributed by atoms with Gasteiger partial charge in [0, 0.05) is 10.8 Å². The molecule has 49 heavy (non-hydrogen) atoms. The van der Waals surface area contributed by atoms with Crippen LogP contribution in [0.1, 0.15) is 78.4 Å². The minimum absolute atomic E-state index is 0.278. The van der Waals surface area contributed by atoms with Gasteiger partial charge in [-0.15, -0.1) is 0 Å². The van der Waals surface area contributed by atoms with E-state index in [0.29, 0.717) is 0 Å². The molecule has 246 valence electrons. The summed E-state index contributed by atoms with van der Waals surface area (Å²) in [5, 5.41) is 2.11. The van der Waals surface area contributed by atoms with Gasteiger partial charge in [0.05, 0.1) is 33.5 Å². The summed E-state index contributed by atoms with van der Waals surface area (Å²) >= 11 is 0. The van der Waals surface area contributed by atoms with E-state index in [4.69, 9.17) is 18.7 Å². The minimum atomic E-state index is -0.464. The van der Waals surface area contributed by atoms with Crippen molar-refractivity contribution in [3.05, 3.63) is 114 Å². The van der Waals surface area contributed by atoms with Crippen molar-refractivity contribution in [1.82, 2.24) is 9.55 Å². The number of imidazole rings is 1. The largest absolute Gasteiger partial charge is 0.494 e. The first-order valence-corrected chi connectivity index (χ1v) is 17.5.